The van der Waals surface area contributed by atoms with Crippen LogP contribution in [0.4, 0.5) is 0 Å². The van der Waals surface area contributed by atoms with Crippen LogP contribution in [-0.2, 0) is 0 Å². The van der Waals surface area contributed by atoms with E-state index in [0.717, 1.165) is 15.4 Å². The molecule has 0 radical (unpaired) electrons. The quantitative estimate of drug-likeness (QED) is 0.407. The molecule has 0 fully saturated rings. The molecule has 0 atom stereocenters. The molecule has 0 aliphatic rings. The molecule has 1 N–H and O–H groups in total. The first-order valence-electron chi connectivity index (χ1n) is 8.47. The molecular weight excluding hydrogens is 417 g/mol. The van der Waals surface area contributed by atoms with Gasteiger partial charge < -0.3 is 4.74 Å². The van der Waals surface area contributed by atoms with Crippen molar-refractivity contribution in [3.05, 3.63) is 68.6 Å². The summed E-state index contributed by atoms with van der Waals surface area (Å²) in [4.78, 5) is 17.7. The van der Waals surface area contributed by atoms with E-state index in [2.05, 4.69) is 15.5 Å². The maximum absolute atomic E-state index is 12.4. The molecule has 0 aliphatic heterocycles. The topological polar surface area (TPSA) is 63.6 Å². The molecule has 0 saturated carbocycles. The summed E-state index contributed by atoms with van der Waals surface area (Å²) >= 11 is 13.8. The third-order valence-corrected chi connectivity index (χ3v) is 5.30. The number of aryl methyl sites for hydroxylation is 1. The van der Waals surface area contributed by atoms with Crippen molar-refractivity contribution in [1.82, 2.24) is 10.4 Å². The maximum atomic E-state index is 12.4. The van der Waals surface area contributed by atoms with Crippen LogP contribution < -0.4 is 10.2 Å². The monoisotopic (exact) mass is 433 g/mol. The van der Waals surface area contributed by atoms with E-state index in [9.17, 15) is 4.79 Å². The zero-order chi connectivity index (χ0) is 20.1. The highest BCUT2D eigenvalue weighted by Gasteiger charge is 2.16. The molecule has 0 saturated heterocycles. The molecule has 0 bridgehead atoms. The summed E-state index contributed by atoms with van der Waals surface area (Å²) in [5, 5.41) is 5.53. The first-order chi connectivity index (χ1) is 13.5. The van der Waals surface area contributed by atoms with Crippen molar-refractivity contribution in [2.45, 2.75) is 13.8 Å². The van der Waals surface area contributed by atoms with Gasteiger partial charge in [-0.25, -0.2) is 10.4 Å². The van der Waals surface area contributed by atoms with Crippen molar-refractivity contribution in [3.63, 3.8) is 0 Å². The van der Waals surface area contributed by atoms with Crippen LogP contribution in [0.3, 0.4) is 0 Å². The lowest BCUT2D eigenvalue weighted by molar-refractivity contribution is 0.0950. The molecule has 3 rings (SSSR count). The second kappa shape index (κ2) is 9.19. The van der Waals surface area contributed by atoms with Gasteiger partial charge in [0.25, 0.3) is 5.91 Å². The van der Waals surface area contributed by atoms with Crippen LogP contribution in [0.1, 0.15) is 27.9 Å². The molecule has 144 valence electrons. The van der Waals surface area contributed by atoms with Gasteiger partial charge in [0.05, 0.1) is 22.9 Å². The fourth-order valence-electron chi connectivity index (χ4n) is 2.47. The molecule has 1 heterocycles. The number of halogens is 2. The molecule has 0 aliphatic carbocycles. The number of carbonyl (C=O) groups excluding carboxylic acids is 1. The molecular formula is C20H17Cl2N3O2S. The number of aromatic nitrogens is 1. The molecule has 0 spiro atoms. The van der Waals surface area contributed by atoms with Gasteiger partial charge in [0, 0.05) is 10.4 Å². The number of thiazole rings is 1. The standard InChI is InChI=1S/C20H17Cl2N3O2S/c1-3-27-18-15(21)9-13(10-16(18)22)11-23-25-19(26)17-12(2)28-20(24-17)14-7-5-4-6-8-14/h4-11H,3H2,1-2H3,(H,25,26)/b23-11-. The van der Waals surface area contributed by atoms with Crippen molar-refractivity contribution in [1.29, 1.82) is 0 Å². The number of hydrogen-bond acceptors (Lipinski definition) is 5. The van der Waals surface area contributed by atoms with Crippen LogP contribution in [0, 0.1) is 6.92 Å². The van der Waals surface area contributed by atoms with Crippen LogP contribution in [-0.4, -0.2) is 23.7 Å². The Morgan fingerprint density at radius 2 is 1.93 bits per heavy atom. The van der Waals surface area contributed by atoms with E-state index >= 15 is 0 Å². The van der Waals surface area contributed by atoms with Gasteiger partial charge in [0.2, 0.25) is 0 Å². The highest BCUT2D eigenvalue weighted by atomic mass is 35.5. The minimum absolute atomic E-state index is 0.351. The number of hydrogen-bond donors (Lipinski definition) is 1. The van der Waals surface area contributed by atoms with Gasteiger partial charge >= 0.3 is 0 Å². The number of carbonyl (C=O) groups is 1. The number of benzene rings is 2. The Bertz CT molecular complexity index is 997. The smallest absolute Gasteiger partial charge is 0.291 e. The normalized spacial score (nSPS) is 11.0. The Morgan fingerprint density at radius 3 is 2.57 bits per heavy atom. The predicted molar refractivity (Wildman–Crippen MR) is 115 cm³/mol. The van der Waals surface area contributed by atoms with Crippen LogP contribution >= 0.6 is 34.5 Å². The summed E-state index contributed by atoms with van der Waals surface area (Å²) in [7, 11) is 0. The number of amides is 1. The number of hydrazone groups is 1. The molecule has 5 nitrogen and oxygen atoms in total. The van der Waals surface area contributed by atoms with Crippen LogP contribution in [0.25, 0.3) is 10.6 Å². The Labute approximate surface area is 177 Å². The van der Waals surface area contributed by atoms with E-state index in [0.29, 0.717) is 33.7 Å². The van der Waals surface area contributed by atoms with E-state index in [1.54, 1.807) is 12.1 Å². The van der Waals surface area contributed by atoms with Gasteiger partial charge in [-0.05, 0) is 31.5 Å². The fourth-order valence-corrected chi connectivity index (χ4v) is 3.99. The van der Waals surface area contributed by atoms with Gasteiger partial charge in [-0.2, -0.15) is 5.10 Å². The highest BCUT2D eigenvalue weighted by molar-refractivity contribution is 7.15. The van der Waals surface area contributed by atoms with Crippen molar-refractivity contribution in [2.75, 3.05) is 6.61 Å². The Hall–Kier alpha value is -2.41. The fraction of sp³-hybridized carbons (Fsp3) is 0.150. The molecule has 1 aromatic heterocycles. The van der Waals surface area contributed by atoms with Crippen molar-refractivity contribution >= 4 is 46.7 Å². The van der Waals surface area contributed by atoms with Gasteiger partial charge in [-0.1, -0.05) is 53.5 Å². The van der Waals surface area contributed by atoms with Crippen LogP contribution in [0.2, 0.25) is 10.0 Å². The minimum Gasteiger partial charge on any atom is -0.491 e. The summed E-state index contributed by atoms with van der Waals surface area (Å²) in [6, 6.07) is 13.0. The number of nitrogens with zero attached hydrogens (tertiary/aromatic N) is 2. The van der Waals surface area contributed by atoms with Gasteiger partial charge in [-0.3, -0.25) is 4.79 Å². The van der Waals surface area contributed by atoms with E-state index in [1.165, 1.54) is 17.6 Å². The van der Waals surface area contributed by atoms with Gasteiger partial charge in [0.15, 0.2) is 5.75 Å². The van der Waals surface area contributed by atoms with Crippen LogP contribution in [0.15, 0.2) is 47.6 Å². The number of rotatable bonds is 6. The Balaban J connectivity index is 1.72. The van der Waals surface area contributed by atoms with E-state index in [-0.39, 0.29) is 5.91 Å². The van der Waals surface area contributed by atoms with Crippen molar-refractivity contribution in [3.8, 4) is 16.3 Å². The lowest BCUT2D eigenvalue weighted by atomic mass is 10.2. The predicted octanol–water partition coefficient (Wildman–Crippen LogP) is 5.59. The highest BCUT2D eigenvalue weighted by Crippen LogP contribution is 2.33. The van der Waals surface area contributed by atoms with E-state index in [1.807, 2.05) is 44.2 Å². The number of nitrogens with one attached hydrogen (secondary N) is 1. The third kappa shape index (κ3) is 4.70. The lowest BCUT2D eigenvalue weighted by Crippen LogP contribution is -2.18. The maximum Gasteiger partial charge on any atom is 0.291 e. The molecule has 0 unspecified atom stereocenters. The Kier molecular flexibility index (Phi) is 6.67. The molecule has 28 heavy (non-hydrogen) atoms. The Morgan fingerprint density at radius 1 is 1.25 bits per heavy atom. The molecule has 8 heteroatoms. The van der Waals surface area contributed by atoms with Gasteiger partial charge in [0.1, 0.15) is 10.7 Å². The second-order valence-corrected chi connectivity index (χ2v) is 7.75. The van der Waals surface area contributed by atoms with Crippen molar-refractivity contribution < 1.29 is 9.53 Å². The average molecular weight is 434 g/mol. The first-order valence-corrected chi connectivity index (χ1v) is 10.0. The largest absolute Gasteiger partial charge is 0.491 e. The van der Waals surface area contributed by atoms with Gasteiger partial charge in [-0.15, -0.1) is 11.3 Å². The molecule has 2 aromatic carbocycles. The van der Waals surface area contributed by atoms with Crippen molar-refractivity contribution in [2.24, 2.45) is 5.10 Å². The van der Waals surface area contributed by atoms with E-state index < -0.39 is 0 Å². The average Bonchev–Trinajstić information content (AvgIpc) is 3.07. The zero-order valence-corrected chi connectivity index (χ0v) is 17.5. The van der Waals surface area contributed by atoms with E-state index in [4.69, 9.17) is 27.9 Å². The zero-order valence-electron chi connectivity index (χ0n) is 15.2. The number of ether oxygens (including phenoxy) is 1. The molecule has 1 amide bonds. The summed E-state index contributed by atoms with van der Waals surface area (Å²) in [5.74, 6) is 0.0499. The SMILES string of the molecule is CCOc1c(Cl)cc(/C=N\NC(=O)c2nc(-c3ccccc3)sc2C)cc1Cl. The summed E-state index contributed by atoms with van der Waals surface area (Å²) in [5.41, 5.74) is 4.45. The minimum atomic E-state index is -0.379. The molecule has 3 aromatic rings. The van der Waals surface area contributed by atoms with Crippen LogP contribution in [0.5, 0.6) is 5.75 Å². The first kappa shape index (κ1) is 20.3. The summed E-state index contributed by atoms with van der Waals surface area (Å²) in [6.07, 6.45) is 1.46. The summed E-state index contributed by atoms with van der Waals surface area (Å²) in [6.45, 7) is 4.16. The second-order valence-electron chi connectivity index (χ2n) is 5.74. The third-order valence-electron chi connectivity index (χ3n) is 3.72. The summed E-state index contributed by atoms with van der Waals surface area (Å²) < 4.78 is 5.39. The lowest BCUT2D eigenvalue weighted by Gasteiger charge is -2.08.